The lowest BCUT2D eigenvalue weighted by Crippen LogP contribution is -2.26. The maximum Gasteiger partial charge on any atom is 0.0465 e. The summed E-state index contributed by atoms with van der Waals surface area (Å²) < 4.78 is 0. The highest BCUT2D eigenvalue weighted by molar-refractivity contribution is 5.88. The minimum atomic E-state index is -0.0913. The highest BCUT2D eigenvalue weighted by Crippen LogP contribution is 2.57. The second kappa shape index (κ2) is 20.4. The molecular formula is C57H64N2. The van der Waals surface area contributed by atoms with Gasteiger partial charge in [0.05, 0.1) is 0 Å². The van der Waals surface area contributed by atoms with E-state index in [4.69, 9.17) is 0 Å². The van der Waals surface area contributed by atoms with Crippen molar-refractivity contribution >= 4 is 34.1 Å². The third-order valence-corrected chi connectivity index (χ3v) is 12.5. The molecule has 0 heterocycles. The molecule has 0 amide bonds. The van der Waals surface area contributed by atoms with Crippen LogP contribution in [-0.4, -0.2) is 0 Å². The first-order valence-corrected chi connectivity index (χ1v) is 22.5. The van der Waals surface area contributed by atoms with E-state index in [1.54, 1.807) is 0 Å². The first-order valence-electron chi connectivity index (χ1n) is 22.5. The maximum absolute atomic E-state index is 3.95. The highest BCUT2D eigenvalue weighted by atomic mass is 15.1. The van der Waals surface area contributed by atoms with Gasteiger partial charge in [0.2, 0.25) is 0 Å². The number of para-hydroxylation sites is 2. The van der Waals surface area contributed by atoms with E-state index in [1.807, 2.05) is 12.2 Å². The molecule has 6 aromatic rings. The van der Waals surface area contributed by atoms with Crippen molar-refractivity contribution in [3.8, 4) is 11.1 Å². The first-order chi connectivity index (χ1) is 29.1. The number of hydrogen-bond acceptors (Lipinski definition) is 2. The summed E-state index contributed by atoms with van der Waals surface area (Å²) in [7, 11) is 0. The Bertz CT molecular complexity index is 2070. The molecule has 0 radical (unpaired) electrons. The summed E-state index contributed by atoms with van der Waals surface area (Å²) >= 11 is 0. The molecule has 2 nitrogen and oxygen atoms in total. The SMILES string of the molecule is C=CCCc1ccc(N(c2ccccc2)c2ccc3c(c2)C(CCCCCC)(CCCCCC)c2cc(N(c4ccccc4)c4ccc(CCC=C)cc4)ccc2-3)cc1. The van der Waals surface area contributed by atoms with Gasteiger partial charge in [0, 0.05) is 39.5 Å². The molecule has 59 heavy (non-hydrogen) atoms. The fourth-order valence-electron chi connectivity index (χ4n) is 9.33. The van der Waals surface area contributed by atoms with Crippen molar-refractivity contribution < 1.29 is 0 Å². The number of benzene rings is 6. The van der Waals surface area contributed by atoms with Gasteiger partial charge in [0.25, 0.3) is 0 Å². The summed E-state index contributed by atoms with van der Waals surface area (Å²) in [5.74, 6) is 0. The summed E-state index contributed by atoms with van der Waals surface area (Å²) in [5.41, 5.74) is 15.5. The van der Waals surface area contributed by atoms with Gasteiger partial charge in [-0.2, -0.15) is 0 Å². The maximum atomic E-state index is 3.95. The molecule has 1 aliphatic rings. The van der Waals surface area contributed by atoms with Crippen molar-refractivity contribution in [1.82, 2.24) is 0 Å². The molecule has 0 atom stereocenters. The van der Waals surface area contributed by atoms with Gasteiger partial charge in [-0.25, -0.2) is 0 Å². The third kappa shape index (κ3) is 9.49. The van der Waals surface area contributed by atoms with E-state index in [-0.39, 0.29) is 5.41 Å². The lowest BCUT2D eigenvalue weighted by Gasteiger charge is -2.35. The quantitative estimate of drug-likeness (QED) is 0.0500. The summed E-state index contributed by atoms with van der Waals surface area (Å²) in [6, 6.07) is 54.9. The van der Waals surface area contributed by atoms with E-state index in [0.717, 1.165) is 38.5 Å². The van der Waals surface area contributed by atoms with Crippen molar-refractivity contribution in [2.75, 3.05) is 9.80 Å². The number of unbranched alkanes of at least 4 members (excludes halogenated alkanes) is 6. The minimum Gasteiger partial charge on any atom is -0.310 e. The molecule has 0 saturated carbocycles. The molecule has 0 aliphatic heterocycles. The smallest absolute Gasteiger partial charge is 0.0465 e. The van der Waals surface area contributed by atoms with E-state index in [0.29, 0.717) is 0 Å². The number of anilines is 6. The fraction of sp³-hybridized carbons (Fsp3) is 0.298. The molecular weight excluding hydrogens is 713 g/mol. The Kier molecular flexibility index (Phi) is 14.4. The summed E-state index contributed by atoms with van der Waals surface area (Å²) in [4.78, 5) is 4.92. The van der Waals surface area contributed by atoms with Crippen LogP contribution in [0.5, 0.6) is 0 Å². The monoisotopic (exact) mass is 777 g/mol. The average Bonchev–Trinajstić information content (AvgIpc) is 3.55. The average molecular weight is 777 g/mol. The normalized spacial score (nSPS) is 12.4. The van der Waals surface area contributed by atoms with Gasteiger partial charge < -0.3 is 9.80 Å². The van der Waals surface area contributed by atoms with Gasteiger partial charge in [-0.15, -0.1) is 13.2 Å². The van der Waals surface area contributed by atoms with E-state index in [9.17, 15) is 0 Å². The summed E-state index contributed by atoms with van der Waals surface area (Å²) in [5, 5.41) is 0. The van der Waals surface area contributed by atoms with Crippen LogP contribution in [-0.2, 0) is 18.3 Å². The Morgan fingerprint density at radius 1 is 0.424 bits per heavy atom. The summed E-state index contributed by atoms with van der Waals surface area (Å²) in [6.45, 7) is 12.6. The number of allylic oxidation sites excluding steroid dienone is 2. The fourth-order valence-corrected chi connectivity index (χ4v) is 9.33. The molecule has 7 rings (SSSR count). The second-order valence-electron chi connectivity index (χ2n) is 16.5. The standard InChI is InChI=1S/C57H64N2/c1-5-9-13-21-41-57(42-22-14-10-6-2)55-43-51(58(47-25-17-15-18-26-47)49-33-29-45(30-34-49)23-11-7-3)37-39-53(55)54-40-38-52(44-56(54)57)59(48-27-19-16-20-28-48)50-35-31-46(32-36-50)24-12-8-4/h7-8,15-20,25-40,43-44H,3-6,9-14,21-24,41-42H2,1-2H3. The van der Waals surface area contributed by atoms with Crippen molar-refractivity contribution in [1.29, 1.82) is 0 Å². The molecule has 6 aromatic carbocycles. The van der Waals surface area contributed by atoms with Crippen LogP contribution in [0.1, 0.15) is 113 Å². The summed E-state index contributed by atoms with van der Waals surface area (Å²) in [6.07, 6.45) is 20.3. The van der Waals surface area contributed by atoms with Crippen LogP contribution in [0.15, 0.2) is 171 Å². The van der Waals surface area contributed by atoms with Gasteiger partial charge >= 0.3 is 0 Å². The third-order valence-electron chi connectivity index (χ3n) is 12.5. The van der Waals surface area contributed by atoms with E-state index < -0.39 is 0 Å². The van der Waals surface area contributed by atoms with Crippen molar-refractivity contribution in [2.24, 2.45) is 0 Å². The number of aryl methyl sites for hydroxylation is 2. The Labute approximate surface area is 356 Å². The Morgan fingerprint density at radius 3 is 1.17 bits per heavy atom. The zero-order chi connectivity index (χ0) is 40.9. The van der Waals surface area contributed by atoms with Crippen molar-refractivity contribution in [3.05, 3.63) is 193 Å². The van der Waals surface area contributed by atoms with Gasteiger partial charge in [-0.1, -0.05) is 150 Å². The molecule has 1 aliphatic carbocycles. The van der Waals surface area contributed by atoms with E-state index in [2.05, 4.69) is 182 Å². The predicted octanol–water partition coefficient (Wildman–Crippen LogP) is 17.1. The largest absolute Gasteiger partial charge is 0.310 e. The van der Waals surface area contributed by atoms with Crippen LogP contribution >= 0.6 is 0 Å². The van der Waals surface area contributed by atoms with Crippen LogP contribution in [0.4, 0.5) is 34.1 Å². The molecule has 2 heteroatoms. The molecule has 302 valence electrons. The van der Waals surface area contributed by atoms with Gasteiger partial charge in [0.1, 0.15) is 0 Å². The van der Waals surface area contributed by atoms with Crippen LogP contribution in [0.3, 0.4) is 0 Å². The van der Waals surface area contributed by atoms with Gasteiger partial charge in [-0.3, -0.25) is 0 Å². The Morgan fingerprint density at radius 2 is 0.797 bits per heavy atom. The first kappa shape index (κ1) is 41.6. The molecule has 0 bridgehead atoms. The predicted molar refractivity (Wildman–Crippen MR) is 257 cm³/mol. The molecule has 0 fully saturated rings. The minimum absolute atomic E-state index is 0.0913. The molecule has 0 N–H and O–H groups in total. The molecule has 0 aromatic heterocycles. The van der Waals surface area contributed by atoms with Crippen molar-refractivity contribution in [2.45, 2.75) is 109 Å². The molecule has 0 spiro atoms. The topological polar surface area (TPSA) is 6.48 Å². The van der Waals surface area contributed by atoms with Crippen molar-refractivity contribution in [3.63, 3.8) is 0 Å². The lowest BCUT2D eigenvalue weighted by atomic mass is 9.70. The molecule has 0 unspecified atom stereocenters. The second-order valence-corrected chi connectivity index (χ2v) is 16.5. The van der Waals surface area contributed by atoms with Crippen LogP contribution in [0.25, 0.3) is 11.1 Å². The number of hydrogen-bond donors (Lipinski definition) is 0. The Hall–Kier alpha value is -5.60. The highest BCUT2D eigenvalue weighted by Gasteiger charge is 2.43. The Balaban J connectivity index is 1.38. The van der Waals surface area contributed by atoms with Crippen LogP contribution in [0, 0.1) is 0 Å². The van der Waals surface area contributed by atoms with E-state index in [1.165, 1.54) is 119 Å². The van der Waals surface area contributed by atoms with Gasteiger partial charge in [-0.05, 0) is 145 Å². The van der Waals surface area contributed by atoms with E-state index >= 15 is 0 Å². The zero-order valence-corrected chi connectivity index (χ0v) is 35.7. The van der Waals surface area contributed by atoms with Gasteiger partial charge in [0.15, 0.2) is 0 Å². The number of rotatable bonds is 22. The number of fused-ring (bicyclic) bond motifs is 3. The van der Waals surface area contributed by atoms with Crippen LogP contribution < -0.4 is 9.80 Å². The van der Waals surface area contributed by atoms with Crippen LogP contribution in [0.2, 0.25) is 0 Å². The lowest BCUT2D eigenvalue weighted by molar-refractivity contribution is 0.401. The zero-order valence-electron chi connectivity index (χ0n) is 35.7. The number of nitrogens with zero attached hydrogens (tertiary/aromatic N) is 2. The molecule has 0 saturated heterocycles.